The number of rotatable bonds is 2. The van der Waals surface area contributed by atoms with Crippen LogP contribution in [0.15, 0.2) is 11.0 Å². The molecule has 1 nitrogen and oxygen atoms in total. The molecule has 1 rings (SSSR count). The second-order valence-corrected chi connectivity index (χ2v) is 5.87. The molecule has 0 unspecified atom stereocenters. The zero-order chi connectivity index (χ0) is 10.8. The number of thiazole rings is 1. The van der Waals surface area contributed by atoms with E-state index in [0.29, 0.717) is 0 Å². The Bertz CT molecular complexity index is 333. The zero-order valence-electron chi connectivity index (χ0n) is 9.10. The maximum atomic E-state index is 4.59. The van der Waals surface area contributed by atoms with Crippen molar-refractivity contribution < 1.29 is 0 Å². The molecule has 0 N–H and O–H groups in total. The Kier molecular flexibility index (Phi) is 3.90. The van der Waals surface area contributed by atoms with Gasteiger partial charge in [-0.3, -0.25) is 0 Å². The van der Waals surface area contributed by atoms with Gasteiger partial charge in [-0.2, -0.15) is 0 Å². The minimum Gasteiger partial charge on any atom is -0.241 e. The van der Waals surface area contributed by atoms with Gasteiger partial charge in [-0.25, -0.2) is 4.98 Å². The fraction of sp³-hybridized carbons (Fsp3) is 0.545. The molecule has 0 aliphatic rings. The Balaban J connectivity index is 2.89. The molecule has 78 valence electrons. The molecule has 0 atom stereocenters. The molecule has 0 bridgehead atoms. The van der Waals surface area contributed by atoms with Crippen molar-refractivity contribution in [2.75, 3.05) is 5.33 Å². The largest absolute Gasteiger partial charge is 0.241 e. The van der Waals surface area contributed by atoms with Gasteiger partial charge in [0.25, 0.3) is 0 Å². The van der Waals surface area contributed by atoms with Gasteiger partial charge in [0.15, 0.2) is 0 Å². The zero-order valence-corrected chi connectivity index (χ0v) is 11.5. The summed E-state index contributed by atoms with van der Waals surface area (Å²) in [5.74, 6) is 0. The van der Waals surface area contributed by atoms with Crippen LogP contribution >= 0.6 is 27.3 Å². The predicted molar refractivity (Wildman–Crippen MR) is 68.3 cm³/mol. The van der Waals surface area contributed by atoms with E-state index < -0.39 is 0 Å². The monoisotopic (exact) mass is 273 g/mol. The smallest absolute Gasteiger partial charge is 0.0985 e. The molecule has 1 aromatic rings. The lowest BCUT2D eigenvalue weighted by atomic mass is 9.98. The number of nitrogens with zero attached hydrogens (tertiary/aromatic N) is 1. The second-order valence-electron chi connectivity index (χ2n) is 4.45. The highest BCUT2D eigenvalue weighted by Crippen LogP contribution is 2.26. The number of hydrogen-bond acceptors (Lipinski definition) is 2. The van der Waals surface area contributed by atoms with Crippen LogP contribution in [-0.4, -0.2) is 10.3 Å². The summed E-state index contributed by atoms with van der Waals surface area (Å²) in [5, 5.41) is 4.23. The molecule has 1 heterocycles. The van der Waals surface area contributed by atoms with Crippen molar-refractivity contribution >= 4 is 33.3 Å². The van der Waals surface area contributed by atoms with Gasteiger partial charge in [-0.1, -0.05) is 42.3 Å². The molecule has 0 aromatic carbocycles. The highest BCUT2D eigenvalue weighted by molar-refractivity contribution is 9.09. The summed E-state index contributed by atoms with van der Waals surface area (Å²) < 4.78 is 0. The van der Waals surface area contributed by atoms with Crippen molar-refractivity contribution in [3.8, 4) is 0 Å². The predicted octanol–water partition coefficient (Wildman–Crippen LogP) is 4.24. The molecular formula is C11H16BrNS. The SMILES string of the molecule is CC(=Cc1csc(C(C)(C)C)n1)CBr. The molecule has 0 radical (unpaired) electrons. The van der Waals surface area contributed by atoms with Gasteiger partial charge >= 0.3 is 0 Å². The lowest BCUT2D eigenvalue weighted by Crippen LogP contribution is -2.10. The first-order valence-electron chi connectivity index (χ1n) is 4.62. The normalized spacial score (nSPS) is 13.4. The van der Waals surface area contributed by atoms with E-state index >= 15 is 0 Å². The molecule has 3 heteroatoms. The third kappa shape index (κ3) is 3.21. The third-order valence-corrected chi connectivity index (χ3v) is 3.94. The molecule has 0 saturated carbocycles. The van der Waals surface area contributed by atoms with Gasteiger partial charge in [0.1, 0.15) is 0 Å². The fourth-order valence-corrected chi connectivity index (χ4v) is 2.01. The van der Waals surface area contributed by atoms with Crippen LogP contribution in [0.25, 0.3) is 6.08 Å². The van der Waals surface area contributed by atoms with Crippen molar-refractivity contribution in [2.24, 2.45) is 0 Å². The summed E-state index contributed by atoms with van der Waals surface area (Å²) in [6.07, 6.45) is 2.13. The maximum Gasteiger partial charge on any atom is 0.0985 e. The molecule has 0 aliphatic heterocycles. The lowest BCUT2D eigenvalue weighted by molar-refractivity contribution is 0.585. The summed E-state index contributed by atoms with van der Waals surface area (Å²) >= 11 is 5.16. The van der Waals surface area contributed by atoms with Crippen LogP contribution in [-0.2, 0) is 5.41 Å². The van der Waals surface area contributed by atoms with Crippen LogP contribution in [0.5, 0.6) is 0 Å². The van der Waals surface area contributed by atoms with E-state index in [9.17, 15) is 0 Å². The van der Waals surface area contributed by atoms with Crippen molar-refractivity contribution in [1.82, 2.24) is 4.98 Å². The first-order chi connectivity index (χ1) is 6.43. The number of halogens is 1. The maximum absolute atomic E-state index is 4.59. The van der Waals surface area contributed by atoms with Gasteiger partial charge in [-0.05, 0) is 13.0 Å². The van der Waals surface area contributed by atoms with E-state index in [4.69, 9.17) is 0 Å². The summed E-state index contributed by atoms with van der Waals surface area (Å²) in [5.41, 5.74) is 2.55. The van der Waals surface area contributed by atoms with Gasteiger partial charge in [0, 0.05) is 16.1 Å². The number of allylic oxidation sites excluding steroid dienone is 1. The average molecular weight is 274 g/mol. The molecule has 1 aromatic heterocycles. The molecule has 0 aliphatic carbocycles. The molecule has 0 amide bonds. The Hall–Kier alpha value is -0.150. The highest BCUT2D eigenvalue weighted by Gasteiger charge is 2.17. The standard InChI is InChI=1S/C11H16BrNS/c1-8(6-12)5-9-7-14-10(13-9)11(2,3)4/h5,7H,6H2,1-4H3. The molecule has 0 spiro atoms. The lowest BCUT2D eigenvalue weighted by Gasteiger charge is -2.13. The molecule has 0 saturated heterocycles. The van der Waals surface area contributed by atoms with Gasteiger partial charge in [-0.15, -0.1) is 11.3 Å². The minimum atomic E-state index is 0.166. The Morgan fingerprint density at radius 2 is 2.21 bits per heavy atom. The number of aromatic nitrogens is 1. The Labute approximate surface area is 98.4 Å². The summed E-state index contributed by atoms with van der Waals surface area (Å²) in [4.78, 5) is 4.59. The first-order valence-corrected chi connectivity index (χ1v) is 6.63. The quantitative estimate of drug-likeness (QED) is 0.735. The Morgan fingerprint density at radius 1 is 1.57 bits per heavy atom. The van der Waals surface area contributed by atoms with Gasteiger partial charge < -0.3 is 0 Å². The Morgan fingerprint density at radius 3 is 2.64 bits per heavy atom. The molecular weight excluding hydrogens is 258 g/mol. The third-order valence-electron chi connectivity index (χ3n) is 1.77. The van der Waals surface area contributed by atoms with Crippen LogP contribution in [0.1, 0.15) is 38.4 Å². The van der Waals surface area contributed by atoms with E-state index in [0.717, 1.165) is 11.0 Å². The highest BCUT2D eigenvalue weighted by atomic mass is 79.9. The van der Waals surface area contributed by atoms with E-state index in [1.54, 1.807) is 11.3 Å². The summed E-state index contributed by atoms with van der Waals surface area (Å²) in [7, 11) is 0. The summed E-state index contributed by atoms with van der Waals surface area (Å²) in [6.45, 7) is 8.68. The fourth-order valence-electron chi connectivity index (χ4n) is 0.988. The minimum absolute atomic E-state index is 0.166. The van der Waals surface area contributed by atoms with E-state index in [-0.39, 0.29) is 5.41 Å². The van der Waals surface area contributed by atoms with Crippen molar-refractivity contribution in [3.63, 3.8) is 0 Å². The van der Waals surface area contributed by atoms with E-state index in [2.05, 4.69) is 60.1 Å². The molecule has 0 fully saturated rings. The van der Waals surface area contributed by atoms with Crippen LogP contribution in [0.2, 0.25) is 0 Å². The topological polar surface area (TPSA) is 12.9 Å². The number of alkyl halides is 1. The van der Waals surface area contributed by atoms with Crippen molar-refractivity contribution in [2.45, 2.75) is 33.1 Å². The van der Waals surface area contributed by atoms with Crippen LogP contribution in [0.3, 0.4) is 0 Å². The van der Waals surface area contributed by atoms with Gasteiger partial charge in [0.05, 0.1) is 10.7 Å². The first kappa shape index (κ1) is 11.9. The number of hydrogen-bond donors (Lipinski definition) is 0. The van der Waals surface area contributed by atoms with Gasteiger partial charge in [0.2, 0.25) is 0 Å². The van der Waals surface area contributed by atoms with Crippen LogP contribution in [0, 0.1) is 0 Å². The van der Waals surface area contributed by atoms with Crippen molar-refractivity contribution in [1.29, 1.82) is 0 Å². The van der Waals surface area contributed by atoms with E-state index in [1.165, 1.54) is 10.6 Å². The van der Waals surface area contributed by atoms with Crippen LogP contribution < -0.4 is 0 Å². The molecule has 14 heavy (non-hydrogen) atoms. The van der Waals surface area contributed by atoms with Crippen LogP contribution in [0.4, 0.5) is 0 Å². The second kappa shape index (κ2) is 4.58. The van der Waals surface area contributed by atoms with E-state index in [1.807, 2.05) is 0 Å². The van der Waals surface area contributed by atoms with Crippen molar-refractivity contribution in [3.05, 3.63) is 21.7 Å². The summed E-state index contributed by atoms with van der Waals surface area (Å²) in [6, 6.07) is 0. The average Bonchev–Trinajstić information content (AvgIpc) is 2.51.